The second kappa shape index (κ2) is 7.94. The largest absolute Gasteiger partial charge is 0.384 e. The number of nitrogens with zero attached hydrogens (tertiary/aromatic N) is 2. The molecule has 0 atom stereocenters. The van der Waals surface area contributed by atoms with Crippen LogP contribution in [0.3, 0.4) is 0 Å². The molecule has 3 rings (SSSR count). The van der Waals surface area contributed by atoms with Crippen LogP contribution >= 0.6 is 11.6 Å². The highest BCUT2D eigenvalue weighted by molar-refractivity contribution is 6.30. The highest BCUT2D eigenvalue weighted by atomic mass is 35.5. The van der Waals surface area contributed by atoms with Crippen LogP contribution in [0, 0.1) is 12.3 Å². The predicted octanol–water partition coefficient (Wildman–Crippen LogP) is 2.31. The van der Waals surface area contributed by atoms with Gasteiger partial charge in [0.25, 0.3) is 0 Å². The molecule has 2 aliphatic rings. The molecule has 1 amide bonds. The van der Waals surface area contributed by atoms with Gasteiger partial charge in [-0.2, -0.15) is 0 Å². The molecule has 2 aliphatic heterocycles. The Hall–Kier alpha value is -1.30. The monoisotopic (exact) mass is 365 g/mol. The maximum Gasteiger partial charge on any atom is 0.231 e. The van der Waals surface area contributed by atoms with Crippen molar-refractivity contribution in [1.29, 1.82) is 0 Å². The average molecular weight is 366 g/mol. The van der Waals surface area contributed by atoms with Crippen molar-refractivity contribution in [2.45, 2.75) is 19.8 Å². The number of halogens is 1. The summed E-state index contributed by atoms with van der Waals surface area (Å²) in [5.74, 6) is 0.262. The van der Waals surface area contributed by atoms with Crippen LogP contribution in [0.25, 0.3) is 0 Å². The fourth-order valence-electron chi connectivity index (χ4n) is 4.01. The molecule has 0 bridgehead atoms. The Morgan fingerprint density at radius 1 is 1.24 bits per heavy atom. The Morgan fingerprint density at radius 2 is 1.92 bits per heavy atom. The second-order valence-electron chi connectivity index (χ2n) is 7.17. The fraction of sp³-hybridized carbons (Fsp3) is 0.632. The molecule has 0 unspecified atom stereocenters. The summed E-state index contributed by atoms with van der Waals surface area (Å²) in [6, 6.07) is 6.00. The number of ether oxygens (including phenoxy) is 1. The molecule has 5 nitrogen and oxygen atoms in total. The minimum absolute atomic E-state index is 0.262. The first-order valence-corrected chi connectivity index (χ1v) is 9.44. The van der Waals surface area contributed by atoms with Gasteiger partial charge in [0.1, 0.15) is 0 Å². The van der Waals surface area contributed by atoms with Crippen molar-refractivity contribution < 1.29 is 9.53 Å². The van der Waals surface area contributed by atoms with Crippen molar-refractivity contribution in [2.24, 2.45) is 5.41 Å². The van der Waals surface area contributed by atoms with E-state index in [1.54, 1.807) is 7.11 Å². The first-order valence-electron chi connectivity index (χ1n) is 9.06. The molecule has 6 heteroatoms. The van der Waals surface area contributed by atoms with Gasteiger partial charge in [-0.3, -0.25) is 4.79 Å². The Balaban J connectivity index is 1.66. The number of hydrogen-bond acceptors (Lipinski definition) is 4. The third kappa shape index (κ3) is 3.94. The molecule has 2 saturated heterocycles. The quantitative estimate of drug-likeness (QED) is 0.889. The van der Waals surface area contributed by atoms with Crippen LogP contribution in [-0.2, 0) is 9.53 Å². The van der Waals surface area contributed by atoms with Crippen molar-refractivity contribution in [3.8, 4) is 0 Å². The lowest BCUT2D eigenvalue weighted by atomic mass is 9.78. The highest BCUT2D eigenvalue weighted by Gasteiger charge is 2.42. The van der Waals surface area contributed by atoms with E-state index in [-0.39, 0.29) is 11.3 Å². The van der Waals surface area contributed by atoms with Crippen LogP contribution in [0.15, 0.2) is 18.2 Å². The summed E-state index contributed by atoms with van der Waals surface area (Å²) in [7, 11) is 1.69. The molecule has 1 N–H and O–H groups in total. The van der Waals surface area contributed by atoms with E-state index < -0.39 is 0 Å². The number of anilines is 1. The highest BCUT2D eigenvalue weighted by Crippen LogP contribution is 2.33. The van der Waals surface area contributed by atoms with E-state index in [9.17, 15) is 4.79 Å². The van der Waals surface area contributed by atoms with Crippen molar-refractivity contribution in [1.82, 2.24) is 10.2 Å². The summed E-state index contributed by atoms with van der Waals surface area (Å²) in [5.41, 5.74) is 2.04. The summed E-state index contributed by atoms with van der Waals surface area (Å²) in [5, 5.41) is 4.11. The van der Waals surface area contributed by atoms with E-state index in [4.69, 9.17) is 16.3 Å². The summed E-state index contributed by atoms with van der Waals surface area (Å²) in [6.45, 7) is 7.58. The van der Waals surface area contributed by atoms with Crippen LogP contribution in [0.1, 0.15) is 18.4 Å². The molecule has 0 radical (unpaired) electrons. The maximum atomic E-state index is 13.2. The SMILES string of the molecule is COCC1(C(=O)N2CCN(c3cc(Cl)ccc3C)CC2)CCNCC1. The minimum Gasteiger partial charge on any atom is -0.384 e. The van der Waals surface area contributed by atoms with E-state index in [1.165, 1.54) is 11.3 Å². The van der Waals surface area contributed by atoms with E-state index in [0.717, 1.165) is 57.1 Å². The van der Waals surface area contributed by atoms with Gasteiger partial charge in [-0.1, -0.05) is 17.7 Å². The zero-order valence-corrected chi connectivity index (χ0v) is 15.9. The minimum atomic E-state index is -0.353. The van der Waals surface area contributed by atoms with Crippen molar-refractivity contribution in [2.75, 3.05) is 57.9 Å². The lowest BCUT2D eigenvalue weighted by Gasteiger charge is -2.43. The third-order valence-corrected chi connectivity index (χ3v) is 5.75. The second-order valence-corrected chi connectivity index (χ2v) is 7.61. The Morgan fingerprint density at radius 3 is 2.56 bits per heavy atom. The molecule has 0 aliphatic carbocycles. The number of rotatable bonds is 4. The molecule has 1 aromatic rings. The van der Waals surface area contributed by atoms with Gasteiger partial charge in [-0.05, 0) is 50.6 Å². The van der Waals surface area contributed by atoms with Gasteiger partial charge in [0.15, 0.2) is 0 Å². The van der Waals surface area contributed by atoms with Gasteiger partial charge in [0, 0.05) is 44.0 Å². The van der Waals surface area contributed by atoms with Crippen molar-refractivity contribution >= 4 is 23.2 Å². The molecule has 0 spiro atoms. The van der Waals surface area contributed by atoms with Crippen LogP contribution in [-0.4, -0.2) is 63.8 Å². The summed E-state index contributed by atoms with van der Waals surface area (Å²) < 4.78 is 5.42. The van der Waals surface area contributed by atoms with Gasteiger partial charge in [0.2, 0.25) is 5.91 Å². The number of benzene rings is 1. The fourth-order valence-corrected chi connectivity index (χ4v) is 4.18. The van der Waals surface area contributed by atoms with Crippen molar-refractivity contribution in [3.63, 3.8) is 0 Å². The molecule has 25 heavy (non-hydrogen) atoms. The zero-order chi connectivity index (χ0) is 17.9. The first-order chi connectivity index (χ1) is 12.1. The summed E-state index contributed by atoms with van der Waals surface area (Å²) in [4.78, 5) is 17.6. The van der Waals surface area contributed by atoms with Crippen molar-refractivity contribution in [3.05, 3.63) is 28.8 Å². The lowest BCUT2D eigenvalue weighted by Crippen LogP contribution is -2.56. The number of hydrogen-bond donors (Lipinski definition) is 1. The Labute approximate surface area is 155 Å². The maximum absolute atomic E-state index is 13.2. The first kappa shape index (κ1) is 18.5. The van der Waals surface area contributed by atoms with E-state index in [1.807, 2.05) is 17.0 Å². The van der Waals surface area contributed by atoms with Crippen LogP contribution in [0.5, 0.6) is 0 Å². The third-order valence-electron chi connectivity index (χ3n) is 5.51. The molecule has 2 heterocycles. The predicted molar refractivity (Wildman–Crippen MR) is 101 cm³/mol. The van der Waals surface area contributed by atoms with Gasteiger partial charge in [-0.15, -0.1) is 0 Å². The zero-order valence-electron chi connectivity index (χ0n) is 15.2. The molecular formula is C19H28ClN3O2. The molecule has 2 fully saturated rings. The lowest BCUT2D eigenvalue weighted by molar-refractivity contribution is -0.147. The van der Waals surface area contributed by atoms with E-state index in [2.05, 4.69) is 23.2 Å². The van der Waals surface area contributed by atoms with Crippen LogP contribution in [0.4, 0.5) is 5.69 Å². The molecular weight excluding hydrogens is 338 g/mol. The van der Waals surface area contributed by atoms with Gasteiger partial charge >= 0.3 is 0 Å². The molecule has 1 aromatic carbocycles. The topological polar surface area (TPSA) is 44.8 Å². The van der Waals surface area contributed by atoms with Gasteiger partial charge < -0.3 is 19.9 Å². The number of carbonyl (C=O) groups is 1. The number of piperazine rings is 1. The molecule has 138 valence electrons. The Bertz CT molecular complexity index is 603. The number of aryl methyl sites for hydroxylation is 1. The standard InChI is InChI=1S/C19H28ClN3O2/c1-15-3-4-16(20)13-17(15)22-9-11-23(12-10-22)18(24)19(14-25-2)5-7-21-8-6-19/h3-4,13,21H,5-12,14H2,1-2H3. The summed E-state index contributed by atoms with van der Waals surface area (Å²) in [6.07, 6.45) is 1.71. The average Bonchev–Trinajstić information content (AvgIpc) is 2.64. The number of carbonyl (C=O) groups excluding carboxylic acids is 1. The Kier molecular flexibility index (Phi) is 5.87. The molecule has 0 saturated carbocycles. The number of amides is 1. The van der Waals surface area contributed by atoms with E-state index >= 15 is 0 Å². The normalized spacial score (nSPS) is 20.6. The number of methoxy groups -OCH3 is 1. The van der Waals surface area contributed by atoms with Gasteiger partial charge in [-0.25, -0.2) is 0 Å². The smallest absolute Gasteiger partial charge is 0.231 e. The number of piperidine rings is 1. The van der Waals surface area contributed by atoms with Crippen LogP contribution in [0.2, 0.25) is 5.02 Å². The summed E-state index contributed by atoms with van der Waals surface area (Å²) >= 11 is 6.16. The van der Waals surface area contributed by atoms with E-state index in [0.29, 0.717) is 6.61 Å². The van der Waals surface area contributed by atoms with Gasteiger partial charge in [0.05, 0.1) is 12.0 Å². The molecule has 0 aromatic heterocycles. The number of nitrogens with one attached hydrogen (secondary N) is 1. The van der Waals surface area contributed by atoms with Crippen LogP contribution < -0.4 is 10.2 Å².